The number of carbonyl (C=O) groups excluding carboxylic acids is 1. The fourth-order valence-electron chi connectivity index (χ4n) is 4.01. The van der Waals surface area contributed by atoms with E-state index in [-0.39, 0.29) is 34.6 Å². The third-order valence-corrected chi connectivity index (χ3v) is 8.98. The molecule has 14 heteroatoms. The molecular formula is C28H31BrN7O5P. The first-order valence-corrected chi connectivity index (χ1v) is 15.4. The lowest BCUT2D eigenvalue weighted by Gasteiger charge is -2.33. The van der Waals surface area contributed by atoms with Crippen molar-refractivity contribution in [1.29, 1.82) is 10.5 Å². The summed E-state index contributed by atoms with van der Waals surface area (Å²) >= 11 is 3.38. The van der Waals surface area contributed by atoms with E-state index in [9.17, 15) is 19.9 Å². The second-order valence-electron chi connectivity index (χ2n) is 9.61. The Labute approximate surface area is 253 Å². The zero-order valence-corrected chi connectivity index (χ0v) is 26.5. The minimum absolute atomic E-state index is 0.0169. The van der Waals surface area contributed by atoms with Gasteiger partial charge in [-0.15, -0.1) is 0 Å². The number of halogens is 1. The average Bonchev–Trinajstić information content (AvgIpc) is 2.93. The molecule has 3 N–H and O–H groups in total. The Balaban J connectivity index is 2.21. The number of nitrogen functional groups attached to an aromatic ring is 1. The molecule has 1 aromatic heterocycles. The highest BCUT2D eigenvalue weighted by atomic mass is 79.9. The van der Waals surface area contributed by atoms with Gasteiger partial charge in [-0.3, -0.25) is 9.36 Å². The number of aromatic nitrogens is 2. The van der Waals surface area contributed by atoms with Crippen LogP contribution in [-0.4, -0.2) is 41.5 Å². The Morgan fingerprint density at radius 1 is 1.10 bits per heavy atom. The van der Waals surface area contributed by atoms with E-state index in [4.69, 9.17) is 19.9 Å². The van der Waals surface area contributed by atoms with E-state index in [2.05, 4.69) is 37.1 Å². The smallest absolute Gasteiger partial charge is 0.323 e. The predicted octanol–water partition coefficient (Wildman–Crippen LogP) is 5.84. The number of nitrogens with zero attached hydrogens (tertiary/aromatic N) is 5. The van der Waals surface area contributed by atoms with Crippen LogP contribution in [0, 0.1) is 36.5 Å². The molecule has 0 aliphatic carbocycles. The summed E-state index contributed by atoms with van der Waals surface area (Å²) in [6.07, 6.45) is -0.753. The molecule has 0 aliphatic heterocycles. The number of hydrogen-bond acceptors (Lipinski definition) is 10. The minimum Gasteiger partial charge on any atom is -0.462 e. The van der Waals surface area contributed by atoms with Crippen LogP contribution in [0.25, 0.3) is 0 Å². The summed E-state index contributed by atoms with van der Waals surface area (Å²) in [5, 5.41) is 21.5. The number of ether oxygens (including phenoxy) is 3. The van der Waals surface area contributed by atoms with E-state index < -0.39 is 19.5 Å². The van der Waals surface area contributed by atoms with Crippen molar-refractivity contribution in [3.05, 3.63) is 63.1 Å². The SMILES string of the molecule is COCP(=O)(N[C@@H](C)C(=O)OC(C)C)N(c1ccc(C#N)cc1)c1nc(N)c(Br)c(Oc2c(C)cc(C#N)cc2C)n1. The monoisotopic (exact) mass is 655 g/mol. The zero-order chi connectivity index (χ0) is 31.2. The van der Waals surface area contributed by atoms with E-state index in [0.29, 0.717) is 33.7 Å². The van der Waals surface area contributed by atoms with E-state index >= 15 is 0 Å². The van der Waals surface area contributed by atoms with Crippen LogP contribution in [-0.2, 0) is 18.8 Å². The molecule has 1 unspecified atom stereocenters. The summed E-state index contributed by atoms with van der Waals surface area (Å²) in [7, 11) is -2.56. The summed E-state index contributed by atoms with van der Waals surface area (Å²) in [6, 6.07) is 12.7. The van der Waals surface area contributed by atoms with Crippen LogP contribution in [0.3, 0.4) is 0 Å². The standard InChI is InChI=1S/C28H31BrN7O5P/c1-16(2)40-27(37)19(5)35-42(38,15-39-6)36(22-9-7-20(13-30)8-10-22)28-33-25(32)23(29)26(34-28)41-24-17(3)11-21(14-31)12-18(24)4/h7-12,16,19H,15H2,1-6H3,(H,35,38)(H2,32,33,34)/t19-,42?/m0/s1. The molecule has 0 amide bonds. The Morgan fingerprint density at radius 3 is 2.21 bits per heavy atom. The molecule has 3 rings (SSSR count). The molecule has 0 saturated carbocycles. The van der Waals surface area contributed by atoms with Crippen molar-refractivity contribution < 1.29 is 23.6 Å². The molecule has 1 heterocycles. The second-order valence-corrected chi connectivity index (χ2v) is 12.7. The Hall–Kier alpha value is -4.00. The van der Waals surface area contributed by atoms with Gasteiger partial charge in [-0.25, -0.2) is 9.76 Å². The van der Waals surface area contributed by atoms with Gasteiger partial charge in [-0.1, -0.05) is 0 Å². The van der Waals surface area contributed by atoms with E-state index in [1.54, 1.807) is 64.1 Å². The molecule has 0 bridgehead atoms. The zero-order valence-electron chi connectivity index (χ0n) is 24.0. The Bertz CT molecular complexity index is 1580. The number of hydrogen-bond donors (Lipinski definition) is 2. The first-order valence-electron chi connectivity index (χ1n) is 12.7. The number of nitriles is 2. The van der Waals surface area contributed by atoms with Gasteiger partial charge < -0.3 is 19.9 Å². The Morgan fingerprint density at radius 2 is 1.69 bits per heavy atom. The van der Waals surface area contributed by atoms with Crippen LogP contribution in [0.2, 0.25) is 0 Å². The van der Waals surface area contributed by atoms with Crippen molar-refractivity contribution in [2.75, 3.05) is 23.9 Å². The van der Waals surface area contributed by atoms with Crippen molar-refractivity contribution in [1.82, 2.24) is 15.1 Å². The molecule has 42 heavy (non-hydrogen) atoms. The predicted molar refractivity (Wildman–Crippen MR) is 161 cm³/mol. The van der Waals surface area contributed by atoms with Crippen molar-refractivity contribution in [3.8, 4) is 23.8 Å². The lowest BCUT2D eigenvalue weighted by molar-refractivity contribution is -0.148. The normalized spacial score (nSPS) is 13.0. The number of anilines is 3. The molecule has 0 spiro atoms. The van der Waals surface area contributed by atoms with Crippen molar-refractivity contribution >= 4 is 46.8 Å². The first-order chi connectivity index (χ1) is 19.8. The maximum atomic E-state index is 14.7. The summed E-state index contributed by atoms with van der Waals surface area (Å²) in [6.45, 7) is 8.52. The molecule has 0 aliphatic rings. The summed E-state index contributed by atoms with van der Waals surface area (Å²) in [4.78, 5) is 21.6. The lowest BCUT2D eigenvalue weighted by Crippen LogP contribution is -2.39. The minimum atomic E-state index is -3.93. The number of carbonyl (C=O) groups is 1. The number of aryl methyl sites for hydroxylation is 2. The lowest BCUT2D eigenvalue weighted by atomic mass is 10.1. The van der Waals surface area contributed by atoms with Gasteiger partial charge in [-0.05, 0) is 98.1 Å². The number of nitrogens with one attached hydrogen (secondary N) is 1. The number of rotatable bonds is 11. The molecule has 0 radical (unpaired) electrons. The van der Waals surface area contributed by atoms with Crippen molar-refractivity contribution in [2.45, 2.75) is 46.8 Å². The number of methoxy groups -OCH3 is 1. The molecule has 2 aromatic carbocycles. The van der Waals surface area contributed by atoms with Gasteiger partial charge in [0.05, 0.1) is 35.1 Å². The van der Waals surface area contributed by atoms with Gasteiger partial charge in [0, 0.05) is 7.11 Å². The van der Waals surface area contributed by atoms with Crippen LogP contribution < -0.4 is 20.2 Å². The number of esters is 1. The molecule has 2 atom stereocenters. The van der Waals surface area contributed by atoms with E-state index in [1.807, 2.05) is 6.07 Å². The third-order valence-electron chi connectivity index (χ3n) is 5.78. The average molecular weight is 656 g/mol. The topological polar surface area (TPSA) is 176 Å². The first kappa shape index (κ1) is 32.5. The van der Waals surface area contributed by atoms with Gasteiger partial charge in [0.1, 0.15) is 28.4 Å². The summed E-state index contributed by atoms with van der Waals surface area (Å²) < 4.78 is 33.1. The molecule has 12 nitrogen and oxygen atoms in total. The van der Waals surface area contributed by atoms with Gasteiger partial charge in [0.25, 0.3) is 7.44 Å². The van der Waals surface area contributed by atoms with Crippen LogP contribution in [0.15, 0.2) is 40.9 Å². The van der Waals surface area contributed by atoms with E-state index in [0.717, 1.165) is 0 Å². The largest absolute Gasteiger partial charge is 0.462 e. The van der Waals surface area contributed by atoms with E-state index in [1.165, 1.54) is 18.7 Å². The highest BCUT2D eigenvalue weighted by Crippen LogP contribution is 2.53. The molecular weight excluding hydrogens is 625 g/mol. The highest BCUT2D eigenvalue weighted by molar-refractivity contribution is 9.10. The fraction of sp³-hybridized carbons (Fsp3) is 0.321. The van der Waals surface area contributed by atoms with Gasteiger partial charge in [-0.2, -0.15) is 20.5 Å². The summed E-state index contributed by atoms with van der Waals surface area (Å²) in [5.41, 5.74) is 8.81. The quantitative estimate of drug-likeness (QED) is 0.187. The van der Waals surface area contributed by atoms with Crippen LogP contribution in [0.1, 0.15) is 43.0 Å². The van der Waals surface area contributed by atoms with Gasteiger partial charge >= 0.3 is 5.97 Å². The molecule has 0 fully saturated rings. The van der Waals surface area contributed by atoms with Crippen LogP contribution in [0.4, 0.5) is 17.5 Å². The van der Waals surface area contributed by atoms with Gasteiger partial charge in [0.2, 0.25) is 11.8 Å². The van der Waals surface area contributed by atoms with Crippen molar-refractivity contribution in [2.24, 2.45) is 0 Å². The number of nitrogens with two attached hydrogens (primary N) is 1. The maximum absolute atomic E-state index is 14.7. The maximum Gasteiger partial charge on any atom is 0.323 e. The van der Waals surface area contributed by atoms with Crippen LogP contribution >= 0.6 is 23.4 Å². The molecule has 3 aromatic rings. The molecule has 0 saturated heterocycles. The fourth-order valence-corrected chi connectivity index (χ4v) is 6.52. The number of benzene rings is 2. The second kappa shape index (κ2) is 13.8. The van der Waals surface area contributed by atoms with Gasteiger partial charge in [0.15, 0.2) is 0 Å². The third kappa shape index (κ3) is 7.44. The van der Waals surface area contributed by atoms with Crippen LogP contribution in [0.5, 0.6) is 11.6 Å². The summed E-state index contributed by atoms with van der Waals surface area (Å²) in [5.74, 6) is -0.297. The van der Waals surface area contributed by atoms with Crippen molar-refractivity contribution in [3.63, 3.8) is 0 Å². The molecule has 220 valence electrons. The Kier molecular flexibility index (Phi) is 10.7. The highest BCUT2D eigenvalue weighted by Gasteiger charge is 2.38.